The highest BCUT2D eigenvalue weighted by Gasteiger charge is 2.35. The van der Waals surface area contributed by atoms with E-state index in [2.05, 4.69) is 41.5 Å². The number of aromatic nitrogens is 1. The van der Waals surface area contributed by atoms with Gasteiger partial charge < -0.3 is 38.7 Å². The molecule has 1 aliphatic rings. The van der Waals surface area contributed by atoms with E-state index in [-0.39, 0.29) is 24.2 Å². The van der Waals surface area contributed by atoms with E-state index >= 15 is 0 Å². The molecule has 0 atom stereocenters. The largest absolute Gasteiger partial charge is 0.495 e. The average molecular weight is 993 g/mol. The highest BCUT2D eigenvalue weighted by atomic mass is 28.3. The molecule has 5 aromatic carbocycles. The minimum absolute atomic E-state index is 0.0994. The van der Waals surface area contributed by atoms with Gasteiger partial charge in [-0.2, -0.15) is 0 Å². The molecule has 14 heteroatoms. The number of carbonyl (C=O) groups excluding carboxylic acids is 4. The Bertz CT molecular complexity index is 2820. The van der Waals surface area contributed by atoms with Crippen LogP contribution >= 0.6 is 0 Å². The number of ether oxygens (including phenoxy) is 3. The van der Waals surface area contributed by atoms with Crippen molar-refractivity contribution < 1.29 is 37.8 Å². The number of benzene rings is 5. The van der Waals surface area contributed by atoms with Crippen molar-refractivity contribution in [2.75, 3.05) is 64.2 Å². The summed E-state index contributed by atoms with van der Waals surface area (Å²) in [6.07, 6.45) is 2.39. The molecule has 1 aromatic heterocycles. The average Bonchev–Trinajstić information content (AvgIpc) is 3.71. The van der Waals surface area contributed by atoms with Gasteiger partial charge in [-0.15, -0.1) is 0 Å². The lowest BCUT2D eigenvalue weighted by molar-refractivity contribution is -0.132. The lowest BCUT2D eigenvalue weighted by Crippen LogP contribution is -2.47. The minimum atomic E-state index is -1.80. The second-order valence-electron chi connectivity index (χ2n) is 20.5. The summed E-state index contributed by atoms with van der Waals surface area (Å²) < 4.78 is 26.7. The molecule has 379 valence electrons. The molecular weight excluding hydrogens is 923 g/mol. The molecule has 1 N–H and O–H groups in total. The van der Waals surface area contributed by atoms with Crippen LogP contribution in [0.3, 0.4) is 0 Å². The van der Waals surface area contributed by atoms with E-state index in [1.807, 2.05) is 114 Å². The first-order valence-electron chi connectivity index (χ1n) is 24.8. The summed E-state index contributed by atoms with van der Waals surface area (Å²) in [6.45, 7) is 17.5. The van der Waals surface area contributed by atoms with Crippen LogP contribution in [0, 0.1) is 6.92 Å². The van der Waals surface area contributed by atoms with Crippen molar-refractivity contribution in [2.45, 2.75) is 91.8 Å². The predicted octanol–water partition coefficient (Wildman–Crippen LogP) is 9.60. The van der Waals surface area contributed by atoms with Gasteiger partial charge in [0.05, 0.1) is 37.2 Å². The number of anilines is 2. The van der Waals surface area contributed by atoms with Crippen molar-refractivity contribution in [2.24, 2.45) is 0 Å². The quantitative estimate of drug-likeness (QED) is 0.0701. The third-order valence-electron chi connectivity index (χ3n) is 12.7. The van der Waals surface area contributed by atoms with E-state index in [0.717, 1.165) is 61.4 Å². The summed E-state index contributed by atoms with van der Waals surface area (Å²) in [5.74, 6) is 0.330. The fraction of sp³-hybridized carbons (Fsp3) is 0.379. The molecule has 72 heavy (non-hydrogen) atoms. The van der Waals surface area contributed by atoms with Crippen molar-refractivity contribution in [1.29, 1.82) is 0 Å². The van der Waals surface area contributed by atoms with Crippen LogP contribution < -0.4 is 30.1 Å². The number of rotatable bonds is 17. The summed E-state index contributed by atoms with van der Waals surface area (Å²) in [7, 11) is 3.47. The fourth-order valence-electron chi connectivity index (χ4n) is 9.07. The summed E-state index contributed by atoms with van der Waals surface area (Å²) in [4.78, 5) is 61.8. The maximum atomic E-state index is 14.8. The number of nitrogens with zero attached hydrogens (tertiary/aromatic N) is 4. The minimum Gasteiger partial charge on any atom is -0.495 e. The van der Waals surface area contributed by atoms with Crippen LogP contribution in [0.5, 0.6) is 11.5 Å². The van der Waals surface area contributed by atoms with Crippen LogP contribution in [0.4, 0.5) is 16.2 Å². The van der Waals surface area contributed by atoms with Gasteiger partial charge in [-0.3, -0.25) is 14.4 Å². The monoisotopic (exact) mass is 992 g/mol. The number of likely N-dealkylation sites (N-methyl/N-ethyl adjacent to an activating group) is 1. The standard InChI is InChI=1S/C58H70N5O8Si/c1-40-28-31-47(50(37-40)69-36-19-13-18-27-51(64)62-34-32-60(8)33-35-62)61(9)55(66)41-29-30-46(49(38-41)68-10)59-54(65)44-25-20-26-48-52(44)45(53(57(2,3)4)63(48)56(67)71-58(5,6)7)39-70-72(42-21-14-11-15-22-42)43-23-16-12-17-24-43/h11-12,14-17,20-26,28-31,37-38H,13,18-19,27,32-36,39H2,1-10H3,(H,59,65). The molecule has 0 bridgehead atoms. The molecule has 0 aliphatic carbocycles. The summed E-state index contributed by atoms with van der Waals surface area (Å²) in [5, 5.41) is 5.74. The van der Waals surface area contributed by atoms with Crippen molar-refractivity contribution in [3.05, 3.63) is 143 Å². The fourth-order valence-corrected chi connectivity index (χ4v) is 11.0. The maximum absolute atomic E-state index is 14.8. The lowest BCUT2D eigenvalue weighted by Gasteiger charge is -2.32. The molecule has 3 amide bonds. The molecule has 1 saturated heterocycles. The molecule has 1 radical (unpaired) electrons. The summed E-state index contributed by atoms with van der Waals surface area (Å²) in [6, 6.07) is 36.2. The third kappa shape index (κ3) is 12.8. The van der Waals surface area contributed by atoms with Gasteiger partial charge in [0.2, 0.25) is 5.91 Å². The van der Waals surface area contributed by atoms with Crippen LogP contribution in [0.1, 0.15) is 105 Å². The number of hydrogen-bond donors (Lipinski definition) is 1. The Morgan fingerprint density at radius 1 is 0.750 bits per heavy atom. The SMILES string of the molecule is COc1cc(C(=O)N(C)c2ccc(C)cc2OCCCCCC(=O)N2CCN(C)CC2)ccc1NC(=O)c1cccc2c1c(CO[Si](c1ccccc1)c1ccccc1)c(C(C)(C)C)n2C(=O)OC(C)(C)C. The van der Waals surface area contributed by atoms with Crippen LogP contribution in [0.15, 0.2) is 115 Å². The molecule has 7 rings (SSSR count). The van der Waals surface area contributed by atoms with E-state index in [9.17, 15) is 19.2 Å². The van der Waals surface area contributed by atoms with Crippen LogP contribution in [-0.4, -0.2) is 107 Å². The van der Waals surface area contributed by atoms with Gasteiger partial charge in [-0.25, -0.2) is 9.36 Å². The molecule has 6 aromatic rings. The Hall–Kier alpha value is -6.74. The Morgan fingerprint density at radius 3 is 2.04 bits per heavy atom. The molecule has 0 saturated carbocycles. The van der Waals surface area contributed by atoms with Crippen LogP contribution in [-0.2, 0) is 26.0 Å². The zero-order chi connectivity index (χ0) is 51.7. The number of unbranched alkanes of at least 4 members (excludes halogenated alkanes) is 2. The van der Waals surface area contributed by atoms with Gasteiger partial charge in [0.25, 0.3) is 20.9 Å². The first-order chi connectivity index (χ1) is 34.3. The maximum Gasteiger partial charge on any atom is 0.419 e. The second-order valence-corrected chi connectivity index (χ2v) is 22.6. The van der Waals surface area contributed by atoms with Gasteiger partial charge in [-0.1, -0.05) is 93.6 Å². The molecule has 2 heterocycles. The van der Waals surface area contributed by atoms with Gasteiger partial charge in [0.15, 0.2) is 0 Å². The number of piperazine rings is 1. The second kappa shape index (κ2) is 23.2. The zero-order valence-corrected chi connectivity index (χ0v) is 44.6. The number of amides is 3. The number of fused-ring (bicyclic) bond motifs is 1. The molecule has 1 aliphatic heterocycles. The van der Waals surface area contributed by atoms with Gasteiger partial charge >= 0.3 is 6.09 Å². The Morgan fingerprint density at radius 2 is 1.42 bits per heavy atom. The normalized spacial score (nSPS) is 13.3. The number of aryl methyl sites for hydroxylation is 1. The number of hydrogen-bond acceptors (Lipinski definition) is 9. The predicted molar refractivity (Wildman–Crippen MR) is 288 cm³/mol. The smallest absolute Gasteiger partial charge is 0.419 e. The highest BCUT2D eigenvalue weighted by Crippen LogP contribution is 2.39. The Kier molecular flexibility index (Phi) is 17.1. The first-order valence-corrected chi connectivity index (χ1v) is 26.2. The topological polar surface area (TPSA) is 132 Å². The lowest BCUT2D eigenvalue weighted by atomic mass is 9.88. The summed E-state index contributed by atoms with van der Waals surface area (Å²) in [5.41, 5.74) is 3.09. The Labute approximate surface area is 426 Å². The van der Waals surface area contributed by atoms with Crippen molar-refractivity contribution >= 4 is 65.5 Å². The van der Waals surface area contributed by atoms with Gasteiger partial charge in [-0.05, 0) is 112 Å². The molecule has 0 unspecified atom stereocenters. The van der Waals surface area contributed by atoms with E-state index in [0.29, 0.717) is 63.4 Å². The number of nitrogens with one attached hydrogen (secondary N) is 1. The molecule has 13 nitrogen and oxygen atoms in total. The van der Waals surface area contributed by atoms with Gasteiger partial charge in [0.1, 0.15) is 17.1 Å². The van der Waals surface area contributed by atoms with E-state index in [1.54, 1.807) is 46.8 Å². The van der Waals surface area contributed by atoms with E-state index in [1.165, 1.54) is 7.11 Å². The Balaban J connectivity index is 1.13. The molecular formula is C58H70N5O8Si. The van der Waals surface area contributed by atoms with Crippen molar-refractivity contribution in [1.82, 2.24) is 14.4 Å². The number of carbonyl (C=O) groups is 4. The zero-order valence-electron chi connectivity index (χ0n) is 43.6. The third-order valence-corrected chi connectivity index (χ3v) is 14.8. The van der Waals surface area contributed by atoms with Crippen molar-refractivity contribution in [3.8, 4) is 11.5 Å². The van der Waals surface area contributed by atoms with Gasteiger partial charge in [0, 0.05) is 72.8 Å². The van der Waals surface area contributed by atoms with E-state index in [4.69, 9.17) is 18.6 Å². The molecule has 0 spiro atoms. The first kappa shape index (κ1) is 53.1. The van der Waals surface area contributed by atoms with Crippen LogP contribution in [0.2, 0.25) is 0 Å². The molecule has 1 fully saturated rings. The highest BCUT2D eigenvalue weighted by molar-refractivity contribution is 6.80. The number of methoxy groups -OCH3 is 1. The van der Waals surface area contributed by atoms with Crippen molar-refractivity contribution in [3.63, 3.8) is 0 Å². The van der Waals surface area contributed by atoms with E-state index < -0.39 is 32.1 Å². The van der Waals surface area contributed by atoms with Crippen LogP contribution in [0.25, 0.3) is 10.9 Å². The summed E-state index contributed by atoms with van der Waals surface area (Å²) >= 11 is 0.